The zero-order valence-corrected chi connectivity index (χ0v) is 13.4. The van der Waals surface area contributed by atoms with Crippen LogP contribution in [0.3, 0.4) is 0 Å². The average Bonchev–Trinajstić information content (AvgIpc) is 2.96. The first kappa shape index (κ1) is 14.5. The van der Waals surface area contributed by atoms with E-state index in [4.69, 9.17) is 0 Å². The van der Waals surface area contributed by atoms with Crippen LogP contribution in [0.1, 0.15) is 56.9 Å². The highest BCUT2D eigenvalue weighted by Crippen LogP contribution is 2.33. The predicted octanol–water partition coefficient (Wildman–Crippen LogP) is 3.42. The molecule has 1 unspecified atom stereocenters. The Hall–Kier alpha value is -0.450. The molecular weight excluding hydrogens is 266 g/mol. The third kappa shape index (κ3) is 3.23. The van der Waals surface area contributed by atoms with Crippen LogP contribution in [0.15, 0.2) is 11.6 Å². The first-order valence-corrected chi connectivity index (χ1v) is 9.07. The second kappa shape index (κ2) is 6.54. The zero-order valence-electron chi connectivity index (χ0n) is 12.6. The Morgan fingerprint density at radius 2 is 2.25 bits per heavy atom. The van der Waals surface area contributed by atoms with E-state index in [1.54, 1.807) is 11.3 Å². The van der Waals surface area contributed by atoms with Crippen molar-refractivity contribution in [2.45, 2.75) is 70.0 Å². The minimum absolute atomic E-state index is 0.403. The number of hydrogen-bond donors (Lipinski definition) is 1. The van der Waals surface area contributed by atoms with Crippen LogP contribution in [0.25, 0.3) is 0 Å². The van der Waals surface area contributed by atoms with E-state index < -0.39 is 0 Å². The molecular formula is C16H27N3S. The largest absolute Gasteiger partial charge is 0.308 e. The van der Waals surface area contributed by atoms with Crippen molar-refractivity contribution in [3.63, 3.8) is 0 Å². The summed E-state index contributed by atoms with van der Waals surface area (Å²) >= 11 is 1.80. The average molecular weight is 293 g/mol. The van der Waals surface area contributed by atoms with Gasteiger partial charge >= 0.3 is 0 Å². The van der Waals surface area contributed by atoms with Gasteiger partial charge in [0, 0.05) is 36.2 Å². The molecule has 0 aromatic carbocycles. The molecule has 1 aliphatic carbocycles. The third-order valence-corrected chi connectivity index (χ3v) is 5.75. The van der Waals surface area contributed by atoms with E-state index in [2.05, 4.69) is 27.5 Å². The van der Waals surface area contributed by atoms with Crippen LogP contribution in [0.4, 0.5) is 0 Å². The van der Waals surface area contributed by atoms with Gasteiger partial charge in [-0.05, 0) is 19.3 Å². The van der Waals surface area contributed by atoms with Crippen molar-refractivity contribution in [2.75, 3.05) is 13.1 Å². The normalized spacial score (nSPS) is 26.9. The van der Waals surface area contributed by atoms with Gasteiger partial charge < -0.3 is 5.32 Å². The molecule has 0 bridgehead atoms. The molecule has 2 fully saturated rings. The molecule has 1 saturated heterocycles. The topological polar surface area (TPSA) is 28.2 Å². The molecule has 3 rings (SSSR count). The molecule has 0 radical (unpaired) electrons. The highest BCUT2D eigenvalue weighted by atomic mass is 32.1. The molecule has 3 nitrogen and oxygen atoms in total. The fourth-order valence-electron chi connectivity index (χ4n) is 3.91. The van der Waals surface area contributed by atoms with Crippen molar-refractivity contribution < 1.29 is 0 Å². The molecule has 1 saturated carbocycles. The number of aromatic nitrogens is 1. The Morgan fingerprint density at radius 3 is 2.95 bits per heavy atom. The Morgan fingerprint density at radius 1 is 1.40 bits per heavy atom. The molecule has 20 heavy (non-hydrogen) atoms. The molecule has 112 valence electrons. The SMILES string of the molecule is CCCC1CNC2(CCCCC2)CN1Cc1nccs1. The van der Waals surface area contributed by atoms with Gasteiger partial charge in [-0.1, -0.05) is 32.6 Å². The lowest BCUT2D eigenvalue weighted by atomic mass is 9.79. The van der Waals surface area contributed by atoms with Crippen LogP contribution in [-0.4, -0.2) is 34.6 Å². The summed E-state index contributed by atoms with van der Waals surface area (Å²) in [6, 6.07) is 0.691. The van der Waals surface area contributed by atoms with Gasteiger partial charge in [0.2, 0.25) is 0 Å². The molecule has 1 aromatic heterocycles. The molecule has 0 amide bonds. The minimum Gasteiger partial charge on any atom is -0.308 e. The summed E-state index contributed by atoms with van der Waals surface area (Å²) in [7, 11) is 0. The second-order valence-corrected chi connectivity index (χ2v) is 7.47. The van der Waals surface area contributed by atoms with Crippen molar-refractivity contribution in [3.8, 4) is 0 Å². The van der Waals surface area contributed by atoms with E-state index >= 15 is 0 Å². The lowest BCUT2D eigenvalue weighted by molar-refractivity contribution is 0.0461. The number of piperazine rings is 1. The summed E-state index contributed by atoms with van der Waals surface area (Å²) in [5.74, 6) is 0. The molecule has 4 heteroatoms. The van der Waals surface area contributed by atoms with Gasteiger partial charge in [0.05, 0.1) is 6.54 Å². The number of nitrogens with zero attached hydrogens (tertiary/aromatic N) is 2. The Labute approximate surface area is 126 Å². The van der Waals surface area contributed by atoms with Gasteiger partial charge in [-0.25, -0.2) is 4.98 Å². The van der Waals surface area contributed by atoms with E-state index in [1.807, 2.05) is 6.20 Å². The van der Waals surface area contributed by atoms with Crippen LogP contribution in [0, 0.1) is 0 Å². The van der Waals surface area contributed by atoms with Gasteiger partial charge in [-0.2, -0.15) is 0 Å². The summed E-state index contributed by atoms with van der Waals surface area (Å²) < 4.78 is 0. The standard InChI is InChI=1S/C16H27N3S/c1-2-6-14-11-18-16(7-4-3-5-8-16)13-19(14)12-15-17-9-10-20-15/h9-10,14,18H,2-8,11-13H2,1H3. The van der Waals surface area contributed by atoms with Gasteiger partial charge in [-0.3, -0.25) is 4.90 Å². The lowest BCUT2D eigenvalue weighted by Gasteiger charge is -2.49. The van der Waals surface area contributed by atoms with Crippen LogP contribution < -0.4 is 5.32 Å². The fourth-order valence-corrected chi connectivity index (χ4v) is 4.55. The summed E-state index contributed by atoms with van der Waals surface area (Å²) in [6.45, 7) is 5.73. The number of thiazole rings is 1. The molecule has 2 aliphatic rings. The van der Waals surface area contributed by atoms with E-state index in [0.29, 0.717) is 11.6 Å². The van der Waals surface area contributed by atoms with Crippen molar-refractivity contribution in [1.29, 1.82) is 0 Å². The zero-order chi connectivity index (χ0) is 13.8. The van der Waals surface area contributed by atoms with E-state index in [-0.39, 0.29) is 0 Å². The maximum atomic E-state index is 4.49. The number of hydrogen-bond acceptors (Lipinski definition) is 4. The predicted molar refractivity (Wildman–Crippen MR) is 85.0 cm³/mol. The molecule has 1 aliphatic heterocycles. The Balaban J connectivity index is 1.70. The summed E-state index contributed by atoms with van der Waals surface area (Å²) in [5.41, 5.74) is 0.403. The summed E-state index contributed by atoms with van der Waals surface area (Å²) in [4.78, 5) is 7.21. The fraction of sp³-hybridized carbons (Fsp3) is 0.812. The molecule has 1 spiro atoms. The van der Waals surface area contributed by atoms with Crippen molar-refractivity contribution in [1.82, 2.24) is 15.2 Å². The van der Waals surface area contributed by atoms with Gasteiger partial charge in [0.15, 0.2) is 0 Å². The lowest BCUT2D eigenvalue weighted by Crippen LogP contribution is -2.64. The van der Waals surface area contributed by atoms with Crippen LogP contribution in [-0.2, 0) is 6.54 Å². The maximum absolute atomic E-state index is 4.49. The first-order valence-electron chi connectivity index (χ1n) is 8.19. The smallest absolute Gasteiger partial charge is 0.107 e. The second-order valence-electron chi connectivity index (χ2n) is 6.50. The van der Waals surface area contributed by atoms with Crippen molar-refractivity contribution in [2.24, 2.45) is 0 Å². The summed E-state index contributed by atoms with van der Waals surface area (Å²) in [6.07, 6.45) is 11.5. The molecule has 1 aromatic rings. The Kier molecular flexibility index (Phi) is 4.74. The van der Waals surface area contributed by atoms with Gasteiger partial charge in [0.1, 0.15) is 5.01 Å². The molecule has 2 heterocycles. The van der Waals surface area contributed by atoms with E-state index in [9.17, 15) is 0 Å². The monoisotopic (exact) mass is 293 g/mol. The van der Waals surface area contributed by atoms with E-state index in [1.165, 1.54) is 63.0 Å². The van der Waals surface area contributed by atoms with Gasteiger partial charge in [-0.15, -0.1) is 11.3 Å². The van der Waals surface area contributed by atoms with Crippen molar-refractivity contribution >= 4 is 11.3 Å². The molecule has 1 N–H and O–H groups in total. The van der Waals surface area contributed by atoms with Gasteiger partial charge in [0.25, 0.3) is 0 Å². The minimum atomic E-state index is 0.403. The quantitative estimate of drug-likeness (QED) is 0.922. The summed E-state index contributed by atoms with van der Waals surface area (Å²) in [5, 5.41) is 7.30. The number of rotatable bonds is 4. The van der Waals surface area contributed by atoms with Crippen LogP contribution >= 0.6 is 11.3 Å². The first-order chi connectivity index (χ1) is 9.81. The third-order valence-electron chi connectivity index (χ3n) is 4.99. The van der Waals surface area contributed by atoms with E-state index in [0.717, 1.165) is 6.54 Å². The highest BCUT2D eigenvalue weighted by molar-refractivity contribution is 7.09. The van der Waals surface area contributed by atoms with Crippen LogP contribution in [0.5, 0.6) is 0 Å². The highest BCUT2D eigenvalue weighted by Gasteiger charge is 2.39. The van der Waals surface area contributed by atoms with Crippen molar-refractivity contribution in [3.05, 3.63) is 16.6 Å². The molecule has 1 atom stereocenters. The Bertz CT molecular complexity index is 398. The number of nitrogens with one attached hydrogen (secondary N) is 1. The van der Waals surface area contributed by atoms with Crippen LogP contribution in [0.2, 0.25) is 0 Å². The maximum Gasteiger partial charge on any atom is 0.107 e.